The second-order valence-corrected chi connectivity index (χ2v) is 4.62. The Bertz CT molecular complexity index is 570. The largest absolute Gasteiger partial charge is 0.481 e. The quantitative estimate of drug-likeness (QED) is 0.558. The number of nitrogens with two attached hydrogens (primary N) is 2. The average Bonchev–Trinajstić information content (AvgIpc) is 2.48. The molecule has 2 aromatic heterocycles. The van der Waals surface area contributed by atoms with Crippen LogP contribution in [0.1, 0.15) is 22.7 Å². The van der Waals surface area contributed by atoms with E-state index >= 15 is 0 Å². The number of hydrazine groups is 1. The number of nitrogens with zero attached hydrogens (tertiary/aromatic N) is 2. The fraction of sp³-hybridized carbons (Fsp3) is 0.286. The van der Waals surface area contributed by atoms with Gasteiger partial charge < -0.3 is 10.5 Å². The molecule has 1 atom stereocenters. The zero-order chi connectivity index (χ0) is 14.5. The molecule has 0 aliphatic rings. The highest BCUT2D eigenvalue weighted by Crippen LogP contribution is 2.23. The number of rotatable bonds is 5. The maximum absolute atomic E-state index is 5.92. The topological polar surface area (TPSA) is 99.1 Å². The van der Waals surface area contributed by atoms with Gasteiger partial charge in [-0.2, -0.15) is 0 Å². The van der Waals surface area contributed by atoms with Gasteiger partial charge in [-0.05, 0) is 30.5 Å². The van der Waals surface area contributed by atoms with Crippen LogP contribution in [0.3, 0.4) is 0 Å². The van der Waals surface area contributed by atoms with Crippen molar-refractivity contribution in [2.75, 3.05) is 12.8 Å². The molecule has 2 heterocycles. The number of pyridine rings is 2. The Balaban J connectivity index is 2.21. The molecular formula is C14H19N5O. The third-order valence-electron chi connectivity index (χ3n) is 3.11. The van der Waals surface area contributed by atoms with Gasteiger partial charge in [0.05, 0.1) is 13.2 Å². The number of anilines is 1. The first-order valence-electron chi connectivity index (χ1n) is 6.31. The summed E-state index contributed by atoms with van der Waals surface area (Å²) in [4.78, 5) is 8.34. The molecule has 0 aliphatic heterocycles. The van der Waals surface area contributed by atoms with Crippen LogP contribution >= 0.6 is 0 Å². The van der Waals surface area contributed by atoms with Gasteiger partial charge in [-0.25, -0.2) is 9.97 Å². The third-order valence-corrected chi connectivity index (χ3v) is 3.11. The standard InChI is InChI=1S/C14H19N5O/c1-9-5-11(14(15)18-7-9)12(19-16)6-10-3-4-13(20-2)17-8-10/h3-5,7-8,12,19H,6,16H2,1-2H3,(H2,15,18). The number of ether oxygens (including phenoxy) is 1. The van der Waals surface area contributed by atoms with Crippen molar-refractivity contribution in [1.29, 1.82) is 0 Å². The van der Waals surface area contributed by atoms with E-state index in [-0.39, 0.29) is 6.04 Å². The number of methoxy groups -OCH3 is 1. The van der Waals surface area contributed by atoms with Gasteiger partial charge in [0.2, 0.25) is 5.88 Å². The summed E-state index contributed by atoms with van der Waals surface area (Å²) >= 11 is 0. The van der Waals surface area contributed by atoms with Gasteiger partial charge >= 0.3 is 0 Å². The highest BCUT2D eigenvalue weighted by molar-refractivity contribution is 5.43. The van der Waals surface area contributed by atoms with Gasteiger partial charge in [0.15, 0.2) is 0 Å². The minimum absolute atomic E-state index is 0.113. The summed E-state index contributed by atoms with van der Waals surface area (Å²) in [5, 5.41) is 0. The van der Waals surface area contributed by atoms with Crippen molar-refractivity contribution in [1.82, 2.24) is 15.4 Å². The lowest BCUT2D eigenvalue weighted by Crippen LogP contribution is -2.30. The van der Waals surface area contributed by atoms with Crippen molar-refractivity contribution < 1.29 is 4.74 Å². The maximum Gasteiger partial charge on any atom is 0.212 e. The van der Waals surface area contributed by atoms with Gasteiger partial charge in [0.25, 0.3) is 0 Å². The first-order chi connectivity index (χ1) is 9.63. The Hall–Kier alpha value is -2.18. The first-order valence-corrected chi connectivity index (χ1v) is 6.31. The predicted octanol–water partition coefficient (Wildman–Crippen LogP) is 1.12. The lowest BCUT2D eigenvalue weighted by Gasteiger charge is -2.18. The van der Waals surface area contributed by atoms with E-state index in [4.69, 9.17) is 16.3 Å². The third kappa shape index (κ3) is 3.23. The summed E-state index contributed by atoms with van der Waals surface area (Å²) in [7, 11) is 1.59. The van der Waals surface area contributed by atoms with Crippen LogP contribution in [-0.4, -0.2) is 17.1 Å². The molecule has 6 nitrogen and oxygen atoms in total. The maximum atomic E-state index is 5.92. The van der Waals surface area contributed by atoms with E-state index in [0.29, 0.717) is 18.1 Å². The van der Waals surface area contributed by atoms with E-state index in [2.05, 4.69) is 15.4 Å². The van der Waals surface area contributed by atoms with E-state index in [9.17, 15) is 0 Å². The van der Waals surface area contributed by atoms with Gasteiger partial charge in [0.1, 0.15) is 5.82 Å². The van der Waals surface area contributed by atoms with Crippen molar-refractivity contribution in [3.05, 3.63) is 47.3 Å². The van der Waals surface area contributed by atoms with Crippen molar-refractivity contribution in [3.8, 4) is 5.88 Å². The highest BCUT2D eigenvalue weighted by atomic mass is 16.5. The van der Waals surface area contributed by atoms with E-state index in [1.807, 2.05) is 25.1 Å². The molecule has 0 amide bonds. The normalized spacial score (nSPS) is 12.2. The lowest BCUT2D eigenvalue weighted by molar-refractivity contribution is 0.397. The van der Waals surface area contributed by atoms with Crippen LogP contribution in [0.2, 0.25) is 0 Å². The molecule has 1 unspecified atom stereocenters. The van der Waals surface area contributed by atoms with Gasteiger partial charge in [-0.15, -0.1) is 0 Å². The molecule has 0 aromatic carbocycles. The smallest absolute Gasteiger partial charge is 0.212 e. The van der Waals surface area contributed by atoms with Crippen LogP contribution in [0.4, 0.5) is 5.82 Å². The van der Waals surface area contributed by atoms with Crippen LogP contribution < -0.4 is 21.7 Å². The van der Waals surface area contributed by atoms with E-state index in [0.717, 1.165) is 16.7 Å². The second kappa shape index (κ2) is 6.31. The summed E-state index contributed by atoms with van der Waals surface area (Å²) in [6.45, 7) is 1.97. The summed E-state index contributed by atoms with van der Waals surface area (Å²) < 4.78 is 5.04. The van der Waals surface area contributed by atoms with Crippen molar-refractivity contribution in [3.63, 3.8) is 0 Å². The summed E-state index contributed by atoms with van der Waals surface area (Å²) in [6, 6.07) is 5.65. The Labute approximate surface area is 118 Å². The van der Waals surface area contributed by atoms with Crippen molar-refractivity contribution in [2.45, 2.75) is 19.4 Å². The second-order valence-electron chi connectivity index (χ2n) is 4.62. The fourth-order valence-corrected chi connectivity index (χ4v) is 2.03. The van der Waals surface area contributed by atoms with E-state index in [1.54, 1.807) is 19.5 Å². The SMILES string of the molecule is COc1ccc(CC(NN)c2cc(C)cnc2N)cn1. The minimum atomic E-state index is -0.113. The molecule has 0 bridgehead atoms. The number of nitrogens with one attached hydrogen (secondary N) is 1. The van der Waals surface area contributed by atoms with Crippen LogP contribution in [0.5, 0.6) is 5.88 Å². The molecule has 20 heavy (non-hydrogen) atoms. The molecule has 6 heteroatoms. The molecule has 0 spiro atoms. The van der Waals surface area contributed by atoms with Crippen molar-refractivity contribution >= 4 is 5.82 Å². The molecular weight excluding hydrogens is 254 g/mol. The average molecular weight is 273 g/mol. The Morgan fingerprint density at radius 1 is 1.30 bits per heavy atom. The van der Waals surface area contributed by atoms with Gasteiger partial charge in [0, 0.05) is 24.0 Å². The van der Waals surface area contributed by atoms with Gasteiger partial charge in [-0.3, -0.25) is 11.3 Å². The van der Waals surface area contributed by atoms with E-state index < -0.39 is 0 Å². The fourth-order valence-electron chi connectivity index (χ4n) is 2.03. The molecule has 0 fully saturated rings. The molecule has 0 radical (unpaired) electrons. The molecule has 0 saturated heterocycles. The monoisotopic (exact) mass is 273 g/mol. The summed E-state index contributed by atoms with van der Waals surface area (Å²) in [5.74, 6) is 6.72. The zero-order valence-electron chi connectivity index (χ0n) is 11.6. The predicted molar refractivity (Wildman–Crippen MR) is 77.9 cm³/mol. The Morgan fingerprint density at radius 2 is 2.10 bits per heavy atom. The molecule has 0 saturated carbocycles. The summed E-state index contributed by atoms with van der Waals surface area (Å²) in [6.07, 6.45) is 4.17. The molecule has 0 aliphatic carbocycles. The van der Waals surface area contributed by atoms with Crippen LogP contribution in [0, 0.1) is 6.92 Å². The highest BCUT2D eigenvalue weighted by Gasteiger charge is 2.15. The molecule has 2 rings (SSSR count). The van der Waals surface area contributed by atoms with Gasteiger partial charge in [-0.1, -0.05) is 6.07 Å². The number of nitrogen functional groups attached to an aromatic ring is 1. The van der Waals surface area contributed by atoms with Crippen molar-refractivity contribution in [2.24, 2.45) is 5.84 Å². The summed E-state index contributed by atoms with van der Waals surface area (Å²) in [5.41, 5.74) is 11.7. The molecule has 2 aromatic rings. The first kappa shape index (κ1) is 14.2. The zero-order valence-corrected chi connectivity index (χ0v) is 11.6. The number of aromatic nitrogens is 2. The van der Waals surface area contributed by atoms with Crippen LogP contribution in [-0.2, 0) is 6.42 Å². The number of aryl methyl sites for hydroxylation is 1. The molecule has 106 valence electrons. The lowest BCUT2D eigenvalue weighted by atomic mass is 10.00. The van der Waals surface area contributed by atoms with Crippen LogP contribution in [0.15, 0.2) is 30.6 Å². The molecule has 5 N–H and O–H groups in total. The van der Waals surface area contributed by atoms with Crippen LogP contribution in [0.25, 0.3) is 0 Å². The Morgan fingerprint density at radius 3 is 2.70 bits per heavy atom. The number of hydrogen-bond acceptors (Lipinski definition) is 6. The van der Waals surface area contributed by atoms with E-state index in [1.165, 1.54) is 0 Å². The number of hydrogen-bond donors (Lipinski definition) is 3. The minimum Gasteiger partial charge on any atom is -0.481 e. The Kier molecular flexibility index (Phi) is 4.49.